The van der Waals surface area contributed by atoms with Crippen LogP contribution < -0.4 is 5.32 Å². The molecule has 11 heavy (non-hydrogen) atoms. The van der Waals surface area contributed by atoms with Crippen LogP contribution in [0.25, 0.3) is 0 Å². The molecule has 0 radical (unpaired) electrons. The summed E-state index contributed by atoms with van der Waals surface area (Å²) in [4.78, 5) is 9.98. The van der Waals surface area contributed by atoms with Crippen molar-refractivity contribution in [1.82, 2.24) is 5.32 Å². The largest absolute Gasteiger partial charge is 0.478 e. The summed E-state index contributed by atoms with van der Waals surface area (Å²) in [7, 11) is 0. The third-order valence-electron chi connectivity index (χ3n) is 0.878. The summed E-state index contributed by atoms with van der Waals surface area (Å²) < 4.78 is -0.122. The molecule has 0 bridgehead atoms. The van der Waals surface area contributed by atoms with Crippen LogP contribution in [0.15, 0.2) is 12.3 Å². The Kier molecular flexibility index (Phi) is 4.03. The number of carboxylic acid groups (broad SMARTS) is 1. The highest BCUT2D eigenvalue weighted by molar-refractivity contribution is 7.81. The molecule has 0 aliphatic heterocycles. The third-order valence-corrected chi connectivity index (χ3v) is 1.04. The summed E-state index contributed by atoms with van der Waals surface area (Å²) in [5.74, 6) is -0.950. The van der Waals surface area contributed by atoms with Crippen LogP contribution in [0.4, 0.5) is 0 Å². The van der Waals surface area contributed by atoms with E-state index in [9.17, 15) is 4.79 Å². The molecular weight excluding hydrogens is 162 g/mol. The predicted molar refractivity (Wildman–Crippen MR) is 47.8 cm³/mol. The van der Waals surface area contributed by atoms with Crippen LogP contribution in [0.5, 0.6) is 0 Å². The Balaban J connectivity index is 3.50. The van der Waals surface area contributed by atoms with Crippen molar-refractivity contribution in [1.29, 1.82) is 0 Å². The number of carbonyl (C=O) groups is 1. The van der Waals surface area contributed by atoms with Gasteiger partial charge in [-0.2, -0.15) is 12.6 Å². The average Bonchev–Trinajstić information content (AvgIpc) is 1.78. The molecule has 2 N–H and O–H groups in total. The van der Waals surface area contributed by atoms with E-state index >= 15 is 0 Å². The van der Waals surface area contributed by atoms with E-state index in [-0.39, 0.29) is 4.75 Å². The molecule has 0 saturated heterocycles. The number of hydrogen-bond donors (Lipinski definition) is 3. The number of carboxylic acids is 1. The van der Waals surface area contributed by atoms with E-state index in [1.165, 1.54) is 6.20 Å². The molecule has 0 atom stereocenters. The highest BCUT2D eigenvalue weighted by atomic mass is 32.1. The molecule has 0 aromatic heterocycles. The molecule has 0 aliphatic carbocycles. The molecule has 3 nitrogen and oxygen atoms in total. The molecule has 0 fully saturated rings. The maximum atomic E-state index is 9.98. The third kappa shape index (κ3) is 9.36. The maximum Gasteiger partial charge on any atom is 0.329 e. The molecule has 0 aromatic rings. The van der Waals surface area contributed by atoms with Crippen molar-refractivity contribution in [3.63, 3.8) is 0 Å². The Morgan fingerprint density at radius 3 is 2.64 bits per heavy atom. The fourth-order valence-electron chi connectivity index (χ4n) is 0.439. The Morgan fingerprint density at radius 1 is 1.73 bits per heavy atom. The minimum Gasteiger partial charge on any atom is -0.478 e. The lowest BCUT2D eigenvalue weighted by Crippen LogP contribution is -2.26. The van der Waals surface area contributed by atoms with Crippen LogP contribution in [0.2, 0.25) is 0 Å². The lowest BCUT2D eigenvalue weighted by Gasteiger charge is -2.16. The highest BCUT2D eigenvalue weighted by Gasteiger charge is 2.08. The smallest absolute Gasteiger partial charge is 0.329 e. The van der Waals surface area contributed by atoms with Gasteiger partial charge in [0.05, 0.1) is 0 Å². The van der Waals surface area contributed by atoms with Crippen LogP contribution in [-0.2, 0) is 4.79 Å². The Hall–Kier alpha value is -0.640. The second-order valence-electron chi connectivity index (χ2n) is 2.86. The fraction of sp³-hybridized carbons (Fsp3) is 0.571. The van der Waals surface area contributed by atoms with Gasteiger partial charge in [-0.15, -0.1) is 0 Å². The van der Waals surface area contributed by atoms with E-state index in [1.807, 2.05) is 13.8 Å². The number of aliphatic carboxylic acids is 1. The molecule has 0 amide bonds. The molecular formula is C7H13NO2S. The van der Waals surface area contributed by atoms with Gasteiger partial charge in [-0.3, -0.25) is 0 Å². The van der Waals surface area contributed by atoms with Crippen molar-refractivity contribution in [2.45, 2.75) is 18.6 Å². The van der Waals surface area contributed by atoms with E-state index < -0.39 is 5.97 Å². The number of hydrogen-bond acceptors (Lipinski definition) is 3. The number of rotatable bonds is 4. The molecule has 0 aliphatic rings. The second-order valence-corrected chi connectivity index (χ2v) is 4.08. The molecule has 0 spiro atoms. The van der Waals surface area contributed by atoms with Crippen LogP contribution in [0, 0.1) is 0 Å². The lowest BCUT2D eigenvalue weighted by molar-refractivity contribution is -0.131. The number of thiol groups is 1. The molecule has 0 rings (SSSR count). The van der Waals surface area contributed by atoms with Gasteiger partial charge in [-0.1, -0.05) is 0 Å². The van der Waals surface area contributed by atoms with Gasteiger partial charge < -0.3 is 10.4 Å². The van der Waals surface area contributed by atoms with Crippen LogP contribution in [0.1, 0.15) is 13.8 Å². The maximum absolute atomic E-state index is 9.98. The van der Waals surface area contributed by atoms with E-state index in [2.05, 4.69) is 17.9 Å². The first-order chi connectivity index (χ1) is 4.92. The minimum absolute atomic E-state index is 0.122. The highest BCUT2D eigenvalue weighted by Crippen LogP contribution is 2.08. The van der Waals surface area contributed by atoms with Crippen molar-refractivity contribution in [3.05, 3.63) is 12.3 Å². The first-order valence-corrected chi connectivity index (χ1v) is 3.72. The van der Waals surface area contributed by atoms with E-state index in [1.54, 1.807) is 0 Å². The fourth-order valence-corrected chi connectivity index (χ4v) is 0.530. The van der Waals surface area contributed by atoms with E-state index in [0.29, 0.717) is 6.54 Å². The summed E-state index contributed by atoms with van der Waals surface area (Å²) in [5.41, 5.74) is 0. The van der Waals surface area contributed by atoms with Crippen molar-refractivity contribution in [2.75, 3.05) is 6.54 Å². The van der Waals surface area contributed by atoms with Gasteiger partial charge in [0, 0.05) is 23.6 Å². The normalized spacial score (nSPS) is 11.9. The summed E-state index contributed by atoms with van der Waals surface area (Å²) in [6, 6.07) is 0. The van der Waals surface area contributed by atoms with E-state index in [0.717, 1.165) is 6.08 Å². The second kappa shape index (κ2) is 4.28. The van der Waals surface area contributed by atoms with Gasteiger partial charge in [0.2, 0.25) is 0 Å². The van der Waals surface area contributed by atoms with Crippen molar-refractivity contribution >= 4 is 18.6 Å². The zero-order valence-corrected chi connectivity index (χ0v) is 7.56. The molecule has 0 heterocycles. The topological polar surface area (TPSA) is 49.3 Å². The van der Waals surface area contributed by atoms with Crippen molar-refractivity contribution in [2.24, 2.45) is 0 Å². The van der Waals surface area contributed by atoms with Gasteiger partial charge in [-0.05, 0) is 13.8 Å². The van der Waals surface area contributed by atoms with Crippen LogP contribution >= 0.6 is 12.6 Å². The Labute approximate surface area is 71.9 Å². The molecule has 0 saturated carbocycles. The van der Waals surface area contributed by atoms with Crippen LogP contribution in [-0.4, -0.2) is 22.4 Å². The van der Waals surface area contributed by atoms with Gasteiger partial charge in [0.1, 0.15) is 0 Å². The van der Waals surface area contributed by atoms with Gasteiger partial charge in [0.25, 0.3) is 0 Å². The molecule has 64 valence electrons. The molecule has 4 heteroatoms. The molecule has 0 unspecified atom stereocenters. The Bertz CT molecular complexity index is 160. The summed E-state index contributed by atoms with van der Waals surface area (Å²) >= 11 is 4.24. The van der Waals surface area contributed by atoms with Crippen molar-refractivity contribution < 1.29 is 9.90 Å². The summed E-state index contributed by atoms with van der Waals surface area (Å²) in [5, 5.41) is 11.0. The standard InChI is InChI=1S/C7H13NO2S/c1-7(2,11)5-8-4-3-6(9)10/h3-4,8,11H,5H2,1-2H3,(H,9,10)/b4-3+. The monoisotopic (exact) mass is 175 g/mol. The quantitative estimate of drug-likeness (QED) is 0.439. The summed E-state index contributed by atoms with van der Waals surface area (Å²) in [6.07, 6.45) is 2.46. The van der Waals surface area contributed by atoms with Gasteiger partial charge in [0.15, 0.2) is 0 Å². The zero-order chi connectivity index (χ0) is 8.91. The first kappa shape index (κ1) is 10.4. The summed E-state index contributed by atoms with van der Waals surface area (Å²) in [6.45, 7) is 4.52. The van der Waals surface area contributed by atoms with E-state index in [4.69, 9.17) is 5.11 Å². The molecule has 0 aromatic carbocycles. The zero-order valence-electron chi connectivity index (χ0n) is 6.66. The Morgan fingerprint density at radius 2 is 2.27 bits per heavy atom. The lowest BCUT2D eigenvalue weighted by atomic mass is 10.2. The predicted octanol–water partition coefficient (Wildman–Crippen LogP) is 0.883. The first-order valence-electron chi connectivity index (χ1n) is 3.27. The SMILES string of the molecule is CC(C)(S)CN/C=C/C(=O)O. The average molecular weight is 175 g/mol. The van der Waals surface area contributed by atoms with Gasteiger partial charge in [-0.25, -0.2) is 4.79 Å². The number of nitrogens with one attached hydrogen (secondary N) is 1. The van der Waals surface area contributed by atoms with Crippen LogP contribution in [0.3, 0.4) is 0 Å². The van der Waals surface area contributed by atoms with Crippen molar-refractivity contribution in [3.8, 4) is 0 Å². The van der Waals surface area contributed by atoms with Gasteiger partial charge >= 0.3 is 5.97 Å². The minimum atomic E-state index is -0.950.